The molecule has 3 atom stereocenters. The minimum Gasteiger partial charge on any atom is -0.391 e. The van der Waals surface area contributed by atoms with E-state index in [1.165, 1.54) is 0 Å². The highest BCUT2D eigenvalue weighted by molar-refractivity contribution is 5.79. The van der Waals surface area contributed by atoms with Gasteiger partial charge in [-0.15, -0.1) is 0 Å². The summed E-state index contributed by atoms with van der Waals surface area (Å²) in [4.78, 5) is 11.9. The van der Waals surface area contributed by atoms with E-state index in [-0.39, 0.29) is 17.9 Å². The highest BCUT2D eigenvalue weighted by Gasteiger charge is 2.32. The zero-order valence-corrected chi connectivity index (χ0v) is 11.1. The summed E-state index contributed by atoms with van der Waals surface area (Å²) in [6, 6.07) is 0. The van der Waals surface area contributed by atoms with Crippen LogP contribution in [0.15, 0.2) is 0 Å². The average molecular weight is 243 g/mol. The lowest BCUT2D eigenvalue weighted by atomic mass is 9.98. The monoisotopic (exact) mass is 243 g/mol. The molecule has 17 heavy (non-hydrogen) atoms. The Morgan fingerprint density at radius 1 is 1.53 bits per heavy atom. The van der Waals surface area contributed by atoms with Crippen molar-refractivity contribution in [1.29, 1.82) is 0 Å². The van der Waals surface area contributed by atoms with Crippen molar-refractivity contribution in [3.8, 4) is 0 Å². The summed E-state index contributed by atoms with van der Waals surface area (Å²) >= 11 is 0. The fraction of sp³-hybridized carbons (Fsp3) is 0.923. The van der Waals surface area contributed by atoms with Crippen LogP contribution < -0.4 is 5.32 Å². The Morgan fingerprint density at radius 3 is 2.82 bits per heavy atom. The van der Waals surface area contributed by atoms with Gasteiger partial charge in [-0.25, -0.2) is 0 Å². The molecular formula is C13H25NO3. The Morgan fingerprint density at radius 2 is 2.24 bits per heavy atom. The van der Waals surface area contributed by atoms with Crippen molar-refractivity contribution in [2.45, 2.75) is 52.2 Å². The van der Waals surface area contributed by atoms with Crippen LogP contribution in [-0.4, -0.2) is 36.4 Å². The van der Waals surface area contributed by atoms with E-state index in [1.54, 1.807) is 0 Å². The lowest BCUT2D eigenvalue weighted by molar-refractivity contribution is -0.127. The molecule has 1 rings (SSSR count). The molecule has 1 aliphatic rings. The van der Waals surface area contributed by atoms with E-state index in [4.69, 9.17) is 4.74 Å². The van der Waals surface area contributed by atoms with Crippen molar-refractivity contribution in [2.24, 2.45) is 11.8 Å². The van der Waals surface area contributed by atoms with E-state index in [9.17, 15) is 9.90 Å². The van der Waals surface area contributed by atoms with Gasteiger partial charge in [-0.3, -0.25) is 4.79 Å². The second kappa shape index (κ2) is 6.97. The predicted molar refractivity (Wildman–Crippen MR) is 66.6 cm³/mol. The van der Waals surface area contributed by atoms with Crippen LogP contribution in [0.5, 0.6) is 0 Å². The molecule has 4 heteroatoms. The Kier molecular flexibility index (Phi) is 5.92. The van der Waals surface area contributed by atoms with Crippen molar-refractivity contribution in [2.75, 3.05) is 13.2 Å². The fourth-order valence-corrected chi connectivity index (χ4v) is 2.33. The van der Waals surface area contributed by atoms with E-state index in [1.807, 2.05) is 6.92 Å². The number of nitrogens with one attached hydrogen (secondary N) is 1. The van der Waals surface area contributed by atoms with E-state index in [0.29, 0.717) is 19.1 Å². The number of amides is 1. The van der Waals surface area contributed by atoms with E-state index in [2.05, 4.69) is 19.2 Å². The third-order valence-corrected chi connectivity index (χ3v) is 3.20. The maximum Gasteiger partial charge on any atom is 0.225 e. The summed E-state index contributed by atoms with van der Waals surface area (Å²) in [6.07, 6.45) is 1.99. The normalized spacial score (nSPS) is 26.2. The maximum atomic E-state index is 11.9. The van der Waals surface area contributed by atoms with Gasteiger partial charge in [-0.05, 0) is 25.2 Å². The van der Waals surface area contributed by atoms with Crippen LogP contribution in [0.3, 0.4) is 0 Å². The summed E-state index contributed by atoms with van der Waals surface area (Å²) in [5.74, 6) is 0.434. The first-order chi connectivity index (χ1) is 8.04. The van der Waals surface area contributed by atoms with Crippen LogP contribution in [-0.2, 0) is 9.53 Å². The molecule has 0 saturated carbocycles. The van der Waals surface area contributed by atoms with Gasteiger partial charge < -0.3 is 15.2 Å². The summed E-state index contributed by atoms with van der Waals surface area (Å²) in [6.45, 7) is 7.17. The number of rotatable bonds is 6. The van der Waals surface area contributed by atoms with E-state index in [0.717, 1.165) is 19.3 Å². The number of hydrogen-bond donors (Lipinski definition) is 2. The summed E-state index contributed by atoms with van der Waals surface area (Å²) in [5.41, 5.74) is 0. The largest absolute Gasteiger partial charge is 0.391 e. The molecule has 0 radical (unpaired) electrons. The molecule has 3 unspecified atom stereocenters. The topological polar surface area (TPSA) is 58.6 Å². The van der Waals surface area contributed by atoms with Gasteiger partial charge >= 0.3 is 0 Å². The second-order valence-corrected chi connectivity index (χ2v) is 5.24. The minimum absolute atomic E-state index is 0.0251. The minimum atomic E-state index is -0.443. The molecule has 0 aromatic heterocycles. The number of aliphatic hydroxyl groups is 1. The van der Waals surface area contributed by atoms with E-state index < -0.39 is 6.10 Å². The Labute approximate surface area is 104 Å². The fourth-order valence-electron chi connectivity index (χ4n) is 2.33. The maximum absolute atomic E-state index is 11.9. The molecule has 0 aliphatic carbocycles. The van der Waals surface area contributed by atoms with Crippen molar-refractivity contribution < 1.29 is 14.6 Å². The van der Waals surface area contributed by atoms with Gasteiger partial charge in [0.15, 0.2) is 0 Å². The molecule has 100 valence electrons. The van der Waals surface area contributed by atoms with Crippen LogP contribution in [0.25, 0.3) is 0 Å². The van der Waals surface area contributed by atoms with Gasteiger partial charge in [0.05, 0.1) is 18.1 Å². The van der Waals surface area contributed by atoms with Crippen LogP contribution >= 0.6 is 0 Å². The van der Waals surface area contributed by atoms with Crippen LogP contribution in [0.2, 0.25) is 0 Å². The van der Waals surface area contributed by atoms with Crippen molar-refractivity contribution in [3.05, 3.63) is 0 Å². The van der Waals surface area contributed by atoms with Gasteiger partial charge in [0.25, 0.3) is 0 Å². The smallest absolute Gasteiger partial charge is 0.225 e. The van der Waals surface area contributed by atoms with Crippen molar-refractivity contribution >= 4 is 5.91 Å². The number of hydrogen-bond acceptors (Lipinski definition) is 3. The lowest BCUT2D eigenvalue weighted by Crippen LogP contribution is -2.39. The first-order valence-electron chi connectivity index (χ1n) is 6.62. The lowest BCUT2D eigenvalue weighted by Gasteiger charge is -2.18. The van der Waals surface area contributed by atoms with Gasteiger partial charge in [0, 0.05) is 13.2 Å². The SMILES string of the molecule is CCC1OCCC1C(=O)NCC(O)CC(C)C. The van der Waals surface area contributed by atoms with Gasteiger partial charge in [-0.1, -0.05) is 20.8 Å². The van der Waals surface area contributed by atoms with E-state index >= 15 is 0 Å². The molecule has 1 aliphatic heterocycles. The molecule has 0 spiro atoms. The third kappa shape index (κ3) is 4.64. The molecule has 1 heterocycles. The number of ether oxygens (including phenoxy) is 1. The van der Waals surface area contributed by atoms with Crippen LogP contribution in [0.1, 0.15) is 40.0 Å². The van der Waals surface area contributed by atoms with Crippen LogP contribution in [0, 0.1) is 11.8 Å². The van der Waals surface area contributed by atoms with Gasteiger partial charge in [-0.2, -0.15) is 0 Å². The molecule has 1 saturated heterocycles. The first-order valence-corrected chi connectivity index (χ1v) is 6.62. The average Bonchev–Trinajstić information content (AvgIpc) is 2.72. The Balaban J connectivity index is 2.29. The Hall–Kier alpha value is -0.610. The Bertz CT molecular complexity index is 243. The summed E-state index contributed by atoms with van der Waals surface area (Å²) in [5, 5.41) is 12.5. The zero-order valence-electron chi connectivity index (χ0n) is 11.1. The number of aliphatic hydroxyl groups excluding tert-OH is 1. The van der Waals surface area contributed by atoms with Gasteiger partial charge in [0.1, 0.15) is 0 Å². The highest BCUT2D eigenvalue weighted by atomic mass is 16.5. The van der Waals surface area contributed by atoms with Crippen molar-refractivity contribution in [3.63, 3.8) is 0 Å². The zero-order chi connectivity index (χ0) is 12.8. The third-order valence-electron chi connectivity index (χ3n) is 3.20. The van der Waals surface area contributed by atoms with Crippen molar-refractivity contribution in [1.82, 2.24) is 5.32 Å². The molecule has 4 nitrogen and oxygen atoms in total. The molecule has 0 aromatic rings. The first kappa shape index (κ1) is 14.5. The van der Waals surface area contributed by atoms with Gasteiger partial charge in [0.2, 0.25) is 5.91 Å². The summed E-state index contributed by atoms with van der Waals surface area (Å²) < 4.78 is 5.48. The second-order valence-electron chi connectivity index (χ2n) is 5.24. The standard InChI is InChI=1S/C13H25NO3/c1-4-12-11(5-6-17-12)13(16)14-8-10(15)7-9(2)3/h9-12,15H,4-8H2,1-3H3,(H,14,16). The quantitative estimate of drug-likeness (QED) is 0.740. The molecule has 0 bridgehead atoms. The number of carbonyl (C=O) groups excluding carboxylic acids is 1. The molecule has 1 amide bonds. The molecule has 1 fully saturated rings. The summed E-state index contributed by atoms with van der Waals surface area (Å²) in [7, 11) is 0. The molecule has 0 aromatic carbocycles. The molecule has 2 N–H and O–H groups in total. The van der Waals surface area contributed by atoms with Crippen LogP contribution in [0.4, 0.5) is 0 Å². The predicted octanol–water partition coefficient (Wildman–Crippen LogP) is 1.32. The molecular weight excluding hydrogens is 218 g/mol. The number of carbonyl (C=O) groups is 1. The highest BCUT2D eigenvalue weighted by Crippen LogP contribution is 2.23.